The van der Waals surface area contributed by atoms with Gasteiger partial charge in [0.2, 0.25) is 0 Å². The van der Waals surface area contributed by atoms with E-state index in [4.69, 9.17) is 11.5 Å². The van der Waals surface area contributed by atoms with Crippen molar-refractivity contribution < 1.29 is 0 Å². The lowest BCUT2D eigenvalue weighted by molar-refractivity contribution is 0.366. The van der Waals surface area contributed by atoms with Crippen LogP contribution in [0.5, 0.6) is 0 Å². The highest BCUT2D eigenvalue weighted by molar-refractivity contribution is 4.82. The van der Waals surface area contributed by atoms with Crippen molar-refractivity contribution in [2.75, 3.05) is 26.2 Å². The number of rotatable bonds is 20. The Hall–Kier alpha value is -0.540. The Morgan fingerprint density at radius 1 is 0.600 bits per heavy atom. The molecule has 0 aromatic rings. The molecule has 0 aliphatic heterocycles. The molecule has 0 radical (unpaired) electrons. The zero-order valence-electron chi connectivity index (χ0n) is 17.2. The van der Waals surface area contributed by atoms with Crippen molar-refractivity contribution in [1.82, 2.24) is 4.90 Å². The molecule has 0 bridgehead atoms. The van der Waals surface area contributed by atoms with E-state index >= 15 is 0 Å². The Morgan fingerprint density at radius 3 is 1.48 bits per heavy atom. The third kappa shape index (κ3) is 19.6. The normalized spacial score (nSPS) is 11.5. The van der Waals surface area contributed by atoms with Gasteiger partial charge in [0.1, 0.15) is 0 Å². The van der Waals surface area contributed by atoms with Crippen molar-refractivity contribution in [1.29, 1.82) is 0 Å². The fourth-order valence-corrected chi connectivity index (χ4v) is 3.18. The van der Waals surface area contributed by atoms with E-state index in [2.05, 4.69) is 24.1 Å². The van der Waals surface area contributed by atoms with E-state index in [1.165, 1.54) is 83.5 Å². The maximum atomic E-state index is 5.61. The van der Waals surface area contributed by atoms with Crippen molar-refractivity contribution in [2.24, 2.45) is 11.5 Å². The molecule has 3 nitrogen and oxygen atoms in total. The standard InChI is InChI=1S/C22H47N3/c1-2-3-4-5-6-7-8-9-10-11-12-13-14-15-20-25(21-16-18-23)22-17-19-24/h15,20H,2-14,16-19,21-24H2,1H3/b20-15+. The smallest absolute Gasteiger partial charge is 0.0184 e. The fraction of sp³-hybridized carbons (Fsp3) is 0.909. The number of nitrogens with zero attached hydrogens (tertiary/aromatic N) is 1. The van der Waals surface area contributed by atoms with Gasteiger partial charge in [-0.05, 0) is 45.0 Å². The van der Waals surface area contributed by atoms with Crippen LogP contribution in [0.2, 0.25) is 0 Å². The summed E-state index contributed by atoms with van der Waals surface area (Å²) in [6.45, 7) is 5.95. The van der Waals surface area contributed by atoms with Gasteiger partial charge in [0.15, 0.2) is 0 Å². The lowest BCUT2D eigenvalue weighted by Crippen LogP contribution is -2.23. The van der Waals surface area contributed by atoms with E-state index in [0.29, 0.717) is 0 Å². The second kappa shape index (κ2) is 21.5. The van der Waals surface area contributed by atoms with E-state index in [-0.39, 0.29) is 0 Å². The first-order valence-electron chi connectivity index (χ1n) is 11.2. The van der Waals surface area contributed by atoms with Crippen LogP contribution >= 0.6 is 0 Å². The first-order chi connectivity index (χ1) is 12.3. The molecule has 0 heterocycles. The first-order valence-corrected chi connectivity index (χ1v) is 11.2. The van der Waals surface area contributed by atoms with Gasteiger partial charge in [0.05, 0.1) is 0 Å². The third-order valence-corrected chi connectivity index (χ3v) is 4.84. The summed E-state index contributed by atoms with van der Waals surface area (Å²) in [5.74, 6) is 0. The molecule has 0 saturated carbocycles. The summed E-state index contributed by atoms with van der Waals surface area (Å²) in [4.78, 5) is 2.38. The second-order valence-corrected chi connectivity index (χ2v) is 7.38. The largest absolute Gasteiger partial charge is 0.378 e. The van der Waals surface area contributed by atoms with Gasteiger partial charge in [-0.3, -0.25) is 0 Å². The minimum absolute atomic E-state index is 0.770. The molecule has 0 rings (SSSR count). The number of unbranched alkanes of at least 4 members (excludes halogenated alkanes) is 12. The van der Waals surface area contributed by atoms with Crippen LogP contribution in [0, 0.1) is 0 Å². The summed E-state index contributed by atoms with van der Waals surface area (Å²) >= 11 is 0. The van der Waals surface area contributed by atoms with Crippen LogP contribution in [0.3, 0.4) is 0 Å². The van der Waals surface area contributed by atoms with Gasteiger partial charge in [-0.15, -0.1) is 0 Å². The fourth-order valence-electron chi connectivity index (χ4n) is 3.18. The van der Waals surface area contributed by atoms with Gasteiger partial charge < -0.3 is 16.4 Å². The zero-order valence-corrected chi connectivity index (χ0v) is 17.2. The van der Waals surface area contributed by atoms with Crippen molar-refractivity contribution in [3.05, 3.63) is 12.3 Å². The summed E-state index contributed by atoms with van der Waals surface area (Å²) in [5, 5.41) is 0. The minimum atomic E-state index is 0.770. The van der Waals surface area contributed by atoms with Gasteiger partial charge in [-0.1, -0.05) is 83.6 Å². The molecule has 0 aromatic carbocycles. The average molecular weight is 354 g/mol. The molecule has 0 amide bonds. The van der Waals surface area contributed by atoms with Gasteiger partial charge in [0, 0.05) is 13.1 Å². The monoisotopic (exact) mass is 353 g/mol. The maximum absolute atomic E-state index is 5.61. The number of allylic oxidation sites excluding steroid dienone is 1. The molecule has 0 aliphatic carbocycles. The predicted molar refractivity (Wildman–Crippen MR) is 114 cm³/mol. The van der Waals surface area contributed by atoms with Crippen molar-refractivity contribution >= 4 is 0 Å². The quantitative estimate of drug-likeness (QED) is 0.280. The molecule has 4 N–H and O–H groups in total. The number of nitrogens with two attached hydrogens (primary N) is 2. The summed E-state index contributed by atoms with van der Waals surface area (Å²) in [7, 11) is 0. The van der Waals surface area contributed by atoms with Gasteiger partial charge in [-0.25, -0.2) is 0 Å². The molecule has 0 atom stereocenters. The van der Waals surface area contributed by atoms with E-state index in [1.54, 1.807) is 0 Å². The van der Waals surface area contributed by atoms with Crippen LogP contribution in [0.1, 0.15) is 103 Å². The third-order valence-electron chi connectivity index (χ3n) is 4.84. The van der Waals surface area contributed by atoms with E-state index in [1.807, 2.05) is 0 Å². The molecule has 0 aliphatic rings. The predicted octanol–water partition coefficient (Wildman–Crippen LogP) is 5.59. The van der Waals surface area contributed by atoms with Gasteiger partial charge in [0.25, 0.3) is 0 Å². The Balaban J connectivity index is 3.39. The zero-order chi connectivity index (χ0) is 18.4. The summed E-state index contributed by atoms with van der Waals surface area (Å²) in [6, 6.07) is 0. The molecule has 25 heavy (non-hydrogen) atoms. The van der Waals surface area contributed by atoms with Crippen LogP contribution in [-0.2, 0) is 0 Å². The Bertz CT molecular complexity index is 258. The summed E-state index contributed by atoms with van der Waals surface area (Å²) < 4.78 is 0. The highest BCUT2D eigenvalue weighted by Gasteiger charge is 1.97. The molecular weight excluding hydrogens is 306 g/mol. The molecule has 0 aromatic heterocycles. The lowest BCUT2D eigenvalue weighted by atomic mass is 10.0. The summed E-state index contributed by atoms with van der Waals surface area (Å²) in [6.07, 6.45) is 25.0. The van der Waals surface area contributed by atoms with Crippen LogP contribution in [0.4, 0.5) is 0 Å². The molecule has 0 unspecified atom stereocenters. The number of hydrogen-bond acceptors (Lipinski definition) is 3. The summed E-state index contributed by atoms with van der Waals surface area (Å²) in [5.41, 5.74) is 11.2. The highest BCUT2D eigenvalue weighted by atomic mass is 15.1. The van der Waals surface area contributed by atoms with Gasteiger partial charge in [-0.2, -0.15) is 0 Å². The van der Waals surface area contributed by atoms with Crippen molar-refractivity contribution in [3.8, 4) is 0 Å². The minimum Gasteiger partial charge on any atom is -0.378 e. The lowest BCUT2D eigenvalue weighted by Gasteiger charge is -2.19. The van der Waals surface area contributed by atoms with Crippen LogP contribution in [0.15, 0.2) is 12.3 Å². The molecule has 3 heteroatoms. The van der Waals surface area contributed by atoms with Gasteiger partial charge >= 0.3 is 0 Å². The molecular formula is C22H47N3. The maximum Gasteiger partial charge on any atom is 0.0184 e. The van der Waals surface area contributed by atoms with E-state index in [9.17, 15) is 0 Å². The Kier molecular flexibility index (Phi) is 21.0. The van der Waals surface area contributed by atoms with E-state index < -0.39 is 0 Å². The topological polar surface area (TPSA) is 55.3 Å². The molecule has 150 valence electrons. The Morgan fingerprint density at radius 2 is 1.04 bits per heavy atom. The average Bonchev–Trinajstić information content (AvgIpc) is 2.63. The SMILES string of the molecule is CCCCCCCCCCCCCC/C=C/N(CCCN)CCCN. The first kappa shape index (κ1) is 24.5. The molecule has 0 saturated heterocycles. The second-order valence-electron chi connectivity index (χ2n) is 7.38. The molecule has 0 fully saturated rings. The highest BCUT2D eigenvalue weighted by Crippen LogP contribution is 2.12. The Labute approximate surface area is 158 Å². The van der Waals surface area contributed by atoms with Crippen molar-refractivity contribution in [2.45, 2.75) is 103 Å². The van der Waals surface area contributed by atoms with Crippen molar-refractivity contribution in [3.63, 3.8) is 0 Å². The molecule has 0 spiro atoms. The van der Waals surface area contributed by atoms with E-state index in [0.717, 1.165) is 39.0 Å². The number of hydrogen-bond donors (Lipinski definition) is 2. The van der Waals surface area contributed by atoms with Crippen LogP contribution < -0.4 is 11.5 Å². The van der Waals surface area contributed by atoms with Crippen LogP contribution in [0.25, 0.3) is 0 Å². The van der Waals surface area contributed by atoms with Crippen LogP contribution in [-0.4, -0.2) is 31.1 Å².